The summed E-state index contributed by atoms with van der Waals surface area (Å²) in [6.45, 7) is 3.92. The smallest absolute Gasteiger partial charge is 0.240 e. The van der Waals surface area contributed by atoms with Crippen molar-refractivity contribution in [2.45, 2.75) is 26.7 Å². The lowest BCUT2D eigenvalue weighted by Crippen LogP contribution is -2.21. The summed E-state index contributed by atoms with van der Waals surface area (Å²) in [5, 5.41) is 6.74. The first kappa shape index (κ1) is 20.6. The van der Waals surface area contributed by atoms with Gasteiger partial charge in [-0.05, 0) is 43.7 Å². The van der Waals surface area contributed by atoms with Crippen molar-refractivity contribution in [2.75, 3.05) is 12.4 Å². The van der Waals surface area contributed by atoms with Gasteiger partial charge >= 0.3 is 0 Å². The Hall–Kier alpha value is -2.67. The Kier molecular flexibility index (Phi) is 7.55. The molecule has 27 heavy (non-hydrogen) atoms. The highest BCUT2D eigenvalue weighted by atomic mass is 79.9. The maximum absolute atomic E-state index is 12.0. The zero-order valence-electron chi connectivity index (χ0n) is 15.5. The average molecular weight is 432 g/mol. The van der Waals surface area contributed by atoms with E-state index in [0.717, 1.165) is 26.9 Å². The first-order valence-electron chi connectivity index (χ1n) is 8.41. The number of aryl methyl sites for hydroxylation is 2. The predicted molar refractivity (Wildman–Crippen MR) is 110 cm³/mol. The maximum atomic E-state index is 12.0. The maximum Gasteiger partial charge on any atom is 0.240 e. The molecule has 0 saturated carbocycles. The Morgan fingerprint density at radius 2 is 1.85 bits per heavy atom. The fourth-order valence-corrected chi connectivity index (χ4v) is 2.81. The Morgan fingerprint density at radius 3 is 2.56 bits per heavy atom. The average Bonchev–Trinajstić information content (AvgIpc) is 2.62. The van der Waals surface area contributed by atoms with Crippen LogP contribution in [0.3, 0.4) is 0 Å². The predicted octanol–water partition coefficient (Wildman–Crippen LogP) is 3.94. The van der Waals surface area contributed by atoms with Crippen LogP contribution in [0.1, 0.15) is 29.5 Å². The Balaban J connectivity index is 1.82. The van der Waals surface area contributed by atoms with E-state index in [1.165, 1.54) is 6.21 Å². The highest BCUT2D eigenvalue weighted by Gasteiger charge is 2.08. The van der Waals surface area contributed by atoms with E-state index >= 15 is 0 Å². The molecule has 7 heteroatoms. The second kappa shape index (κ2) is 9.87. The molecule has 2 aromatic carbocycles. The summed E-state index contributed by atoms with van der Waals surface area (Å²) in [6, 6.07) is 11.3. The lowest BCUT2D eigenvalue weighted by Gasteiger charge is -2.09. The van der Waals surface area contributed by atoms with Gasteiger partial charge in [-0.15, -0.1) is 0 Å². The molecule has 2 aromatic rings. The van der Waals surface area contributed by atoms with Crippen LogP contribution in [0.4, 0.5) is 5.69 Å². The third-order valence-electron chi connectivity index (χ3n) is 3.82. The molecule has 0 spiro atoms. The van der Waals surface area contributed by atoms with Crippen LogP contribution in [-0.4, -0.2) is 25.1 Å². The van der Waals surface area contributed by atoms with Crippen LogP contribution in [0, 0.1) is 13.8 Å². The SMILES string of the molecule is COc1ccc(Br)cc1/C=N\NC(=O)CCC(=O)Nc1ccc(C)cc1C. The van der Waals surface area contributed by atoms with Gasteiger partial charge in [0.15, 0.2) is 0 Å². The van der Waals surface area contributed by atoms with Crippen LogP contribution in [0.25, 0.3) is 0 Å². The number of hydrogen-bond donors (Lipinski definition) is 2. The third-order valence-corrected chi connectivity index (χ3v) is 4.31. The summed E-state index contributed by atoms with van der Waals surface area (Å²) >= 11 is 3.37. The van der Waals surface area contributed by atoms with Crippen molar-refractivity contribution in [2.24, 2.45) is 5.10 Å². The molecule has 0 radical (unpaired) electrons. The van der Waals surface area contributed by atoms with Crippen molar-refractivity contribution in [3.63, 3.8) is 0 Å². The highest BCUT2D eigenvalue weighted by Crippen LogP contribution is 2.21. The molecule has 6 nitrogen and oxygen atoms in total. The largest absolute Gasteiger partial charge is 0.496 e. The van der Waals surface area contributed by atoms with E-state index in [1.54, 1.807) is 13.2 Å². The molecule has 0 aliphatic carbocycles. The molecule has 142 valence electrons. The first-order chi connectivity index (χ1) is 12.9. The fraction of sp³-hybridized carbons (Fsp3) is 0.250. The van der Waals surface area contributed by atoms with E-state index in [1.807, 2.05) is 44.2 Å². The lowest BCUT2D eigenvalue weighted by molar-refractivity contribution is -0.124. The molecule has 2 amide bonds. The zero-order chi connectivity index (χ0) is 19.8. The number of nitrogens with one attached hydrogen (secondary N) is 2. The second-order valence-corrected chi connectivity index (χ2v) is 6.96. The monoisotopic (exact) mass is 431 g/mol. The Morgan fingerprint density at radius 1 is 1.11 bits per heavy atom. The zero-order valence-corrected chi connectivity index (χ0v) is 17.1. The number of nitrogens with zero attached hydrogens (tertiary/aromatic N) is 1. The van der Waals surface area contributed by atoms with E-state index in [-0.39, 0.29) is 24.7 Å². The second-order valence-electron chi connectivity index (χ2n) is 6.05. The molecular weight excluding hydrogens is 410 g/mol. The van der Waals surface area contributed by atoms with Gasteiger partial charge in [0.1, 0.15) is 5.75 Å². The van der Waals surface area contributed by atoms with Crippen LogP contribution < -0.4 is 15.5 Å². The van der Waals surface area contributed by atoms with Gasteiger partial charge in [0.05, 0.1) is 13.3 Å². The fourth-order valence-electron chi connectivity index (χ4n) is 2.43. The molecule has 0 aromatic heterocycles. The van der Waals surface area contributed by atoms with E-state index < -0.39 is 0 Å². The summed E-state index contributed by atoms with van der Waals surface area (Å²) in [5.74, 6) is 0.0924. The van der Waals surface area contributed by atoms with Crippen LogP contribution in [0.15, 0.2) is 46.0 Å². The Bertz CT molecular complexity index is 866. The van der Waals surface area contributed by atoms with E-state index in [9.17, 15) is 9.59 Å². The lowest BCUT2D eigenvalue weighted by atomic mass is 10.1. The van der Waals surface area contributed by atoms with Crippen LogP contribution in [0.5, 0.6) is 5.75 Å². The van der Waals surface area contributed by atoms with Crippen molar-refractivity contribution in [1.29, 1.82) is 0 Å². The van der Waals surface area contributed by atoms with Crippen molar-refractivity contribution in [1.82, 2.24) is 5.43 Å². The summed E-state index contributed by atoms with van der Waals surface area (Å²) in [6.07, 6.45) is 1.62. The van der Waals surface area contributed by atoms with Gasteiger partial charge in [0.2, 0.25) is 11.8 Å². The molecule has 2 rings (SSSR count). The number of rotatable bonds is 7. The summed E-state index contributed by atoms with van der Waals surface area (Å²) in [4.78, 5) is 23.9. The molecule has 0 heterocycles. The van der Waals surface area contributed by atoms with Gasteiger partial charge in [0.25, 0.3) is 0 Å². The van der Waals surface area contributed by atoms with Crippen LogP contribution in [0.2, 0.25) is 0 Å². The Labute approximate surface area is 167 Å². The van der Waals surface area contributed by atoms with Gasteiger partial charge in [-0.2, -0.15) is 5.10 Å². The summed E-state index contributed by atoms with van der Waals surface area (Å²) in [7, 11) is 1.56. The number of ether oxygens (including phenoxy) is 1. The molecule has 2 N–H and O–H groups in total. The van der Waals surface area contributed by atoms with E-state index in [0.29, 0.717) is 5.75 Å². The number of halogens is 1. The summed E-state index contributed by atoms with van der Waals surface area (Å²) < 4.78 is 6.11. The number of carbonyl (C=O) groups is 2. The molecular formula is C20H22BrN3O3. The van der Waals surface area contributed by atoms with Crippen LogP contribution >= 0.6 is 15.9 Å². The van der Waals surface area contributed by atoms with Crippen molar-refractivity contribution in [3.8, 4) is 5.75 Å². The molecule has 0 bridgehead atoms. The number of carbonyl (C=O) groups excluding carboxylic acids is 2. The van der Waals surface area contributed by atoms with E-state index in [2.05, 4.69) is 31.8 Å². The van der Waals surface area contributed by atoms with E-state index in [4.69, 9.17) is 4.74 Å². The van der Waals surface area contributed by atoms with Crippen molar-refractivity contribution in [3.05, 3.63) is 57.6 Å². The number of hydrogen-bond acceptors (Lipinski definition) is 4. The highest BCUT2D eigenvalue weighted by molar-refractivity contribution is 9.10. The third kappa shape index (κ3) is 6.53. The summed E-state index contributed by atoms with van der Waals surface area (Å²) in [5.41, 5.74) is 6.01. The van der Waals surface area contributed by atoms with Gasteiger partial charge in [0, 0.05) is 28.6 Å². The number of amides is 2. The number of methoxy groups -OCH3 is 1. The number of benzene rings is 2. The first-order valence-corrected chi connectivity index (χ1v) is 9.21. The van der Waals surface area contributed by atoms with Crippen molar-refractivity contribution >= 4 is 39.6 Å². The van der Waals surface area contributed by atoms with Gasteiger partial charge in [-0.25, -0.2) is 5.43 Å². The molecule has 0 aliphatic rings. The quantitative estimate of drug-likeness (QED) is 0.514. The minimum atomic E-state index is -0.337. The number of hydrazone groups is 1. The molecule has 0 aliphatic heterocycles. The minimum absolute atomic E-state index is 0.0453. The topological polar surface area (TPSA) is 79.8 Å². The van der Waals surface area contributed by atoms with Gasteiger partial charge in [-0.3, -0.25) is 9.59 Å². The van der Waals surface area contributed by atoms with Crippen molar-refractivity contribution < 1.29 is 14.3 Å². The molecule has 0 fully saturated rings. The molecule has 0 atom stereocenters. The normalized spacial score (nSPS) is 10.7. The minimum Gasteiger partial charge on any atom is -0.496 e. The molecule has 0 saturated heterocycles. The number of anilines is 1. The van der Waals surface area contributed by atoms with Crippen LogP contribution in [-0.2, 0) is 9.59 Å². The molecule has 0 unspecified atom stereocenters. The standard InChI is InChI=1S/C20H22BrN3O3/c1-13-4-6-17(14(2)10-13)23-19(25)8-9-20(26)24-22-12-15-11-16(21)5-7-18(15)27-3/h4-7,10-12H,8-9H2,1-3H3,(H,23,25)(H,24,26)/b22-12-. The van der Waals surface area contributed by atoms with Gasteiger partial charge in [-0.1, -0.05) is 33.6 Å². The van der Waals surface area contributed by atoms with Gasteiger partial charge < -0.3 is 10.1 Å².